The Morgan fingerprint density at radius 3 is 2.90 bits per heavy atom. The first-order valence-electron chi connectivity index (χ1n) is 9.87. The molecule has 1 saturated heterocycles. The molecule has 0 spiro atoms. The number of nitrogens with zero attached hydrogens (tertiary/aromatic N) is 1. The van der Waals surface area contributed by atoms with E-state index in [0.717, 1.165) is 53.4 Å². The van der Waals surface area contributed by atoms with Gasteiger partial charge in [0.1, 0.15) is 11.1 Å². The molecule has 1 aromatic carbocycles. The number of hydrogen-bond acceptors (Lipinski definition) is 6. The van der Waals surface area contributed by atoms with Crippen molar-refractivity contribution in [3.63, 3.8) is 0 Å². The molecule has 2 unspecified atom stereocenters. The van der Waals surface area contributed by atoms with Gasteiger partial charge in [0.15, 0.2) is 0 Å². The first-order chi connectivity index (χ1) is 14.0. The van der Waals surface area contributed by atoms with Crippen molar-refractivity contribution >= 4 is 45.6 Å². The maximum absolute atomic E-state index is 12.7. The minimum Gasteiger partial charge on any atom is -0.392 e. The Hall–Kier alpha value is -1.09. The maximum atomic E-state index is 12.7. The summed E-state index contributed by atoms with van der Waals surface area (Å²) in [5.74, 6) is 1.83. The molecule has 1 amide bonds. The molecule has 5 nitrogen and oxygen atoms in total. The number of thiophene rings is 1. The van der Waals surface area contributed by atoms with Gasteiger partial charge >= 0.3 is 0 Å². The number of β-amino-alcohol motifs (C(OH)–C–C–N with tert-alkyl or cyclic N) is 1. The Kier molecular flexibility index (Phi) is 6.83. The van der Waals surface area contributed by atoms with Crippen LogP contribution in [0.2, 0.25) is 5.02 Å². The van der Waals surface area contributed by atoms with Crippen LogP contribution in [0.4, 0.5) is 5.00 Å². The van der Waals surface area contributed by atoms with Crippen LogP contribution in [0.5, 0.6) is 0 Å². The fourth-order valence-corrected chi connectivity index (χ4v) is 6.55. The number of fused-ring (bicyclic) bond motifs is 1. The second-order valence-corrected chi connectivity index (χ2v) is 10.2. The number of likely N-dealkylation sites (tertiary alicyclic amines) is 1. The number of benzene rings is 1. The van der Waals surface area contributed by atoms with Crippen LogP contribution in [0.1, 0.15) is 40.5 Å². The molecular formula is C21H25ClN2O3S2. The van der Waals surface area contributed by atoms with Crippen LogP contribution >= 0.6 is 34.7 Å². The van der Waals surface area contributed by atoms with Crippen LogP contribution in [0, 0.1) is 0 Å². The quantitative estimate of drug-likeness (QED) is 0.645. The Balaban J connectivity index is 1.57. The van der Waals surface area contributed by atoms with Crippen molar-refractivity contribution in [2.75, 3.05) is 30.7 Å². The molecule has 0 saturated carbocycles. The number of amides is 1. The highest BCUT2D eigenvalue weighted by Crippen LogP contribution is 2.44. The maximum Gasteiger partial charge on any atom is 0.239 e. The average Bonchev–Trinajstić information content (AvgIpc) is 3.05. The molecule has 1 fully saturated rings. The van der Waals surface area contributed by atoms with Gasteiger partial charge in [-0.05, 0) is 54.8 Å². The predicted molar refractivity (Wildman–Crippen MR) is 120 cm³/mol. The molecule has 8 heteroatoms. The largest absolute Gasteiger partial charge is 0.392 e. The Morgan fingerprint density at radius 2 is 2.14 bits per heavy atom. The number of halogens is 1. The van der Waals surface area contributed by atoms with Gasteiger partial charge in [-0.1, -0.05) is 23.7 Å². The van der Waals surface area contributed by atoms with E-state index >= 15 is 0 Å². The Labute approximate surface area is 184 Å². The van der Waals surface area contributed by atoms with Crippen LogP contribution in [0.15, 0.2) is 24.3 Å². The van der Waals surface area contributed by atoms with E-state index in [1.165, 1.54) is 10.4 Å². The molecule has 1 aromatic heterocycles. The molecular weight excluding hydrogens is 428 g/mol. The molecule has 0 aliphatic carbocycles. The number of aliphatic hydroxyl groups excluding tert-OH is 2. The van der Waals surface area contributed by atoms with Crippen molar-refractivity contribution in [2.24, 2.45) is 0 Å². The lowest BCUT2D eigenvalue weighted by Gasteiger charge is -2.29. The van der Waals surface area contributed by atoms with Crippen molar-refractivity contribution in [1.82, 2.24) is 4.90 Å². The third-order valence-electron chi connectivity index (χ3n) is 5.42. The highest BCUT2D eigenvalue weighted by Gasteiger charge is 2.28. The summed E-state index contributed by atoms with van der Waals surface area (Å²) in [6.07, 6.45) is 1.43. The second-order valence-electron chi connectivity index (χ2n) is 7.58. The number of carbonyl (C=O) groups excluding carboxylic acids is 1. The molecule has 4 rings (SSSR count). The third-order valence-corrected chi connectivity index (χ3v) is 8.00. The summed E-state index contributed by atoms with van der Waals surface area (Å²) >= 11 is 9.45. The van der Waals surface area contributed by atoms with Gasteiger partial charge in [0.25, 0.3) is 0 Å². The summed E-state index contributed by atoms with van der Waals surface area (Å²) in [6, 6.07) is 7.20. The predicted octanol–water partition coefficient (Wildman–Crippen LogP) is 3.67. The van der Waals surface area contributed by atoms with Gasteiger partial charge in [-0.2, -0.15) is 11.8 Å². The van der Waals surface area contributed by atoms with E-state index in [-0.39, 0.29) is 18.6 Å². The summed E-state index contributed by atoms with van der Waals surface area (Å²) in [4.78, 5) is 15.9. The van der Waals surface area contributed by atoms with Crippen molar-refractivity contribution in [1.29, 1.82) is 0 Å². The van der Waals surface area contributed by atoms with E-state index in [4.69, 9.17) is 11.6 Å². The SMILES string of the molecule is O=C(CN1CCCC(O)C1)Nc1sc2c(c1C(O)c1ccc(Cl)cc1)CCSC2. The molecule has 0 bridgehead atoms. The number of rotatable bonds is 5. The van der Waals surface area contributed by atoms with E-state index in [1.54, 1.807) is 23.5 Å². The average molecular weight is 453 g/mol. The number of piperidine rings is 1. The minimum atomic E-state index is -0.803. The van der Waals surface area contributed by atoms with Gasteiger partial charge < -0.3 is 15.5 Å². The van der Waals surface area contributed by atoms with E-state index in [0.29, 0.717) is 11.6 Å². The molecule has 2 aliphatic heterocycles. The van der Waals surface area contributed by atoms with Crippen molar-refractivity contribution in [2.45, 2.75) is 37.2 Å². The molecule has 2 aromatic rings. The van der Waals surface area contributed by atoms with Crippen LogP contribution in [0.3, 0.4) is 0 Å². The highest BCUT2D eigenvalue weighted by atomic mass is 35.5. The smallest absolute Gasteiger partial charge is 0.239 e. The standard InChI is InChI=1S/C21H25ClN2O3S2/c22-14-5-3-13(4-6-14)20(27)19-16-7-9-28-12-17(16)29-21(19)23-18(26)11-24-8-1-2-15(25)10-24/h3-6,15,20,25,27H,1-2,7-12H2,(H,23,26). The second kappa shape index (κ2) is 9.37. The van der Waals surface area contributed by atoms with E-state index in [2.05, 4.69) is 5.32 Å². The first-order valence-corrected chi connectivity index (χ1v) is 12.2. The van der Waals surface area contributed by atoms with Crippen molar-refractivity contribution in [3.8, 4) is 0 Å². The normalized spacial score (nSPS) is 20.9. The van der Waals surface area contributed by atoms with Gasteiger partial charge in [0.05, 0.1) is 12.6 Å². The zero-order valence-corrected chi connectivity index (χ0v) is 18.5. The van der Waals surface area contributed by atoms with Gasteiger partial charge in [-0.15, -0.1) is 11.3 Å². The molecule has 156 valence electrons. The summed E-state index contributed by atoms with van der Waals surface area (Å²) in [7, 11) is 0. The zero-order valence-electron chi connectivity index (χ0n) is 16.1. The fraction of sp³-hybridized carbons (Fsp3) is 0.476. The molecule has 3 N–H and O–H groups in total. The summed E-state index contributed by atoms with van der Waals surface area (Å²) in [6.45, 7) is 1.61. The van der Waals surface area contributed by atoms with Gasteiger partial charge in [0, 0.05) is 27.8 Å². The van der Waals surface area contributed by atoms with E-state index in [1.807, 2.05) is 28.8 Å². The molecule has 2 atom stereocenters. The lowest BCUT2D eigenvalue weighted by Crippen LogP contribution is -2.42. The first kappa shape index (κ1) is 21.2. The molecule has 0 radical (unpaired) electrons. The number of aliphatic hydroxyl groups is 2. The van der Waals surface area contributed by atoms with Gasteiger partial charge in [-0.3, -0.25) is 9.69 Å². The van der Waals surface area contributed by atoms with Crippen LogP contribution < -0.4 is 5.32 Å². The van der Waals surface area contributed by atoms with Crippen molar-refractivity contribution < 1.29 is 15.0 Å². The van der Waals surface area contributed by atoms with Gasteiger partial charge in [-0.25, -0.2) is 0 Å². The lowest BCUT2D eigenvalue weighted by molar-refractivity contribution is -0.118. The highest BCUT2D eigenvalue weighted by molar-refractivity contribution is 7.98. The summed E-state index contributed by atoms with van der Waals surface area (Å²) in [5.41, 5.74) is 2.75. The van der Waals surface area contributed by atoms with Crippen LogP contribution in [0.25, 0.3) is 0 Å². The number of nitrogens with one attached hydrogen (secondary N) is 1. The monoisotopic (exact) mass is 452 g/mol. The Bertz CT molecular complexity index is 872. The molecule has 3 heterocycles. The topological polar surface area (TPSA) is 72.8 Å². The van der Waals surface area contributed by atoms with Crippen LogP contribution in [-0.4, -0.2) is 52.5 Å². The lowest BCUT2D eigenvalue weighted by atomic mass is 9.97. The number of anilines is 1. The zero-order chi connectivity index (χ0) is 20.4. The van der Waals surface area contributed by atoms with E-state index < -0.39 is 6.10 Å². The number of hydrogen-bond donors (Lipinski definition) is 3. The molecule has 29 heavy (non-hydrogen) atoms. The fourth-order valence-electron chi connectivity index (χ4n) is 3.99. The molecule has 2 aliphatic rings. The Morgan fingerprint density at radius 1 is 1.34 bits per heavy atom. The van der Waals surface area contributed by atoms with Crippen molar-refractivity contribution in [3.05, 3.63) is 50.9 Å². The summed E-state index contributed by atoms with van der Waals surface area (Å²) in [5, 5.41) is 25.4. The number of thioether (sulfide) groups is 1. The van der Waals surface area contributed by atoms with Crippen LogP contribution in [-0.2, 0) is 17.0 Å². The summed E-state index contributed by atoms with van der Waals surface area (Å²) < 4.78 is 0. The minimum absolute atomic E-state index is 0.102. The third kappa shape index (κ3) is 4.98. The van der Waals surface area contributed by atoms with E-state index in [9.17, 15) is 15.0 Å². The number of carbonyl (C=O) groups is 1. The van der Waals surface area contributed by atoms with Gasteiger partial charge in [0.2, 0.25) is 5.91 Å².